The average molecular weight is 311 g/mol. The minimum atomic E-state index is -4.16. The largest absolute Gasteiger partial charge is 0.478 e. The average Bonchev–Trinajstić information content (AvgIpc) is 2.40. The van der Waals surface area contributed by atoms with Crippen molar-refractivity contribution in [3.8, 4) is 0 Å². The van der Waals surface area contributed by atoms with Crippen LogP contribution >= 0.6 is 0 Å². The Morgan fingerprint density at radius 2 is 2.00 bits per heavy atom. The first-order chi connectivity index (χ1) is 9.79. The Morgan fingerprint density at radius 3 is 2.62 bits per heavy atom. The summed E-state index contributed by atoms with van der Waals surface area (Å²) in [6.07, 6.45) is 1.80. The number of carbonyl (C=O) groups is 1. The van der Waals surface area contributed by atoms with E-state index in [9.17, 15) is 17.6 Å². The highest BCUT2D eigenvalue weighted by molar-refractivity contribution is 7.92. The van der Waals surface area contributed by atoms with Crippen LogP contribution in [0.1, 0.15) is 10.4 Å². The van der Waals surface area contributed by atoms with Gasteiger partial charge in [-0.15, -0.1) is 0 Å². The Kier molecular flexibility index (Phi) is 3.76. The van der Waals surface area contributed by atoms with Gasteiger partial charge in [0.2, 0.25) is 0 Å². The number of aromatic nitrogens is 1. The first-order valence-electron chi connectivity index (χ1n) is 5.56. The summed E-state index contributed by atoms with van der Waals surface area (Å²) in [5.41, 5.74) is 5.13. The second-order valence-electron chi connectivity index (χ2n) is 4.05. The molecule has 0 aliphatic carbocycles. The Bertz CT molecular complexity index is 808. The van der Waals surface area contributed by atoms with Gasteiger partial charge in [0.05, 0.1) is 17.4 Å². The molecule has 0 unspecified atom stereocenters. The summed E-state index contributed by atoms with van der Waals surface area (Å²) in [7, 11) is -4.16. The van der Waals surface area contributed by atoms with Gasteiger partial charge in [0.1, 0.15) is 10.7 Å². The molecule has 0 radical (unpaired) electrons. The van der Waals surface area contributed by atoms with E-state index < -0.39 is 26.7 Å². The summed E-state index contributed by atoms with van der Waals surface area (Å²) < 4.78 is 39.2. The van der Waals surface area contributed by atoms with Crippen molar-refractivity contribution in [2.75, 3.05) is 10.5 Å². The molecule has 0 bridgehead atoms. The number of halogens is 1. The van der Waals surface area contributed by atoms with Gasteiger partial charge in [-0.3, -0.25) is 9.71 Å². The van der Waals surface area contributed by atoms with E-state index in [1.165, 1.54) is 12.1 Å². The van der Waals surface area contributed by atoms with E-state index in [0.717, 1.165) is 24.5 Å². The third kappa shape index (κ3) is 3.26. The van der Waals surface area contributed by atoms with Crippen molar-refractivity contribution in [1.29, 1.82) is 0 Å². The third-order valence-corrected chi connectivity index (χ3v) is 3.84. The van der Waals surface area contributed by atoms with Crippen LogP contribution in [0, 0.1) is 5.82 Å². The molecule has 9 heteroatoms. The Balaban J connectivity index is 2.44. The number of carboxylic acid groups (broad SMARTS) is 1. The molecule has 21 heavy (non-hydrogen) atoms. The number of nitrogen functional groups attached to an aromatic ring is 1. The molecule has 0 spiro atoms. The zero-order chi connectivity index (χ0) is 15.6. The van der Waals surface area contributed by atoms with Crippen molar-refractivity contribution in [1.82, 2.24) is 4.98 Å². The number of hydrogen-bond acceptors (Lipinski definition) is 5. The molecule has 4 N–H and O–H groups in total. The summed E-state index contributed by atoms with van der Waals surface area (Å²) in [5.74, 6) is -2.17. The predicted octanol–water partition coefficient (Wildman–Crippen LogP) is 1.30. The number of anilines is 2. The lowest BCUT2D eigenvalue weighted by atomic mass is 10.1. The fourth-order valence-electron chi connectivity index (χ4n) is 1.57. The van der Waals surface area contributed by atoms with Gasteiger partial charge in [0, 0.05) is 11.9 Å². The Labute approximate surface area is 119 Å². The number of nitrogens with one attached hydrogen (secondary N) is 1. The minimum absolute atomic E-state index is 0.169. The lowest BCUT2D eigenvalue weighted by Crippen LogP contribution is -2.16. The fraction of sp³-hybridized carbons (Fsp3) is 0. The quantitative estimate of drug-likeness (QED) is 0.731. The van der Waals surface area contributed by atoms with Gasteiger partial charge in [-0.1, -0.05) is 0 Å². The van der Waals surface area contributed by atoms with E-state index in [2.05, 4.69) is 9.71 Å². The SMILES string of the molecule is Nc1ccc(NS(=O)(=O)c2cncc(F)c2)c(C(=O)O)c1. The standard InChI is InChI=1S/C12H10FN3O4S/c13-7-3-9(6-15-5-7)21(19,20)16-11-2-1-8(14)4-10(11)12(17)18/h1-6,16H,14H2,(H,17,18). The molecule has 1 aromatic carbocycles. The van der Waals surface area contributed by atoms with Gasteiger partial charge in [-0.25, -0.2) is 17.6 Å². The first-order valence-corrected chi connectivity index (χ1v) is 7.04. The molecule has 2 aromatic rings. The lowest BCUT2D eigenvalue weighted by molar-refractivity contribution is 0.0698. The van der Waals surface area contributed by atoms with Crippen LogP contribution in [0.4, 0.5) is 15.8 Å². The zero-order valence-corrected chi connectivity index (χ0v) is 11.3. The van der Waals surface area contributed by atoms with Crippen LogP contribution < -0.4 is 10.5 Å². The zero-order valence-electron chi connectivity index (χ0n) is 10.4. The molecule has 0 aliphatic rings. The summed E-state index contributed by atoms with van der Waals surface area (Å²) in [4.78, 5) is 14.1. The minimum Gasteiger partial charge on any atom is -0.478 e. The molecule has 0 amide bonds. The van der Waals surface area contributed by atoms with Crippen molar-refractivity contribution in [3.05, 3.63) is 48.0 Å². The number of sulfonamides is 1. The molecular formula is C12H10FN3O4S. The van der Waals surface area contributed by atoms with Gasteiger partial charge in [0.25, 0.3) is 10.0 Å². The van der Waals surface area contributed by atoms with Crippen molar-refractivity contribution in [3.63, 3.8) is 0 Å². The van der Waals surface area contributed by atoms with Gasteiger partial charge in [-0.2, -0.15) is 0 Å². The Morgan fingerprint density at radius 1 is 1.29 bits per heavy atom. The van der Waals surface area contributed by atoms with Crippen molar-refractivity contribution in [2.45, 2.75) is 4.90 Å². The van der Waals surface area contributed by atoms with Gasteiger partial charge in [-0.05, 0) is 24.3 Å². The molecule has 0 fully saturated rings. The van der Waals surface area contributed by atoms with Crippen LogP contribution in [0.3, 0.4) is 0 Å². The second kappa shape index (κ2) is 5.37. The topological polar surface area (TPSA) is 122 Å². The van der Waals surface area contributed by atoms with E-state index in [1.54, 1.807) is 0 Å². The number of pyridine rings is 1. The van der Waals surface area contributed by atoms with Crippen molar-refractivity contribution in [2.24, 2.45) is 0 Å². The molecule has 110 valence electrons. The Hall–Kier alpha value is -2.68. The van der Waals surface area contributed by atoms with E-state index in [4.69, 9.17) is 10.8 Å². The highest BCUT2D eigenvalue weighted by Crippen LogP contribution is 2.22. The number of carboxylic acids is 1. The monoisotopic (exact) mass is 311 g/mol. The number of aromatic carboxylic acids is 1. The molecule has 1 heterocycles. The third-order valence-electron chi connectivity index (χ3n) is 2.51. The fourth-order valence-corrected chi connectivity index (χ4v) is 2.62. The highest BCUT2D eigenvalue weighted by Gasteiger charge is 2.19. The van der Waals surface area contributed by atoms with E-state index in [0.29, 0.717) is 0 Å². The maximum absolute atomic E-state index is 13.0. The molecule has 1 aromatic heterocycles. The summed E-state index contributed by atoms with van der Waals surface area (Å²) in [5, 5.41) is 9.04. The molecule has 7 nitrogen and oxygen atoms in total. The first kappa shape index (κ1) is 14.7. The molecule has 2 rings (SSSR count). The molecule has 0 saturated carbocycles. The van der Waals surface area contributed by atoms with Gasteiger partial charge >= 0.3 is 5.97 Å². The van der Waals surface area contributed by atoms with Crippen LogP contribution in [-0.2, 0) is 10.0 Å². The number of nitrogens with zero attached hydrogens (tertiary/aromatic N) is 1. The van der Waals surface area contributed by atoms with Crippen LogP contribution in [-0.4, -0.2) is 24.5 Å². The number of nitrogens with two attached hydrogens (primary N) is 1. The normalized spacial score (nSPS) is 11.1. The number of rotatable bonds is 4. The summed E-state index contributed by atoms with van der Waals surface area (Å²) in [6.45, 7) is 0. The van der Waals surface area contributed by atoms with Gasteiger partial charge in [0.15, 0.2) is 0 Å². The van der Waals surface area contributed by atoms with E-state index >= 15 is 0 Å². The van der Waals surface area contributed by atoms with Crippen LogP contribution in [0.25, 0.3) is 0 Å². The maximum Gasteiger partial charge on any atom is 0.337 e. The summed E-state index contributed by atoms with van der Waals surface area (Å²) in [6, 6.07) is 4.44. The molecule has 0 saturated heterocycles. The van der Waals surface area contributed by atoms with Crippen LogP contribution in [0.2, 0.25) is 0 Å². The molecular weight excluding hydrogens is 301 g/mol. The van der Waals surface area contributed by atoms with Crippen LogP contribution in [0.15, 0.2) is 41.6 Å². The lowest BCUT2D eigenvalue weighted by Gasteiger charge is -2.11. The van der Waals surface area contributed by atoms with Crippen molar-refractivity contribution >= 4 is 27.4 Å². The van der Waals surface area contributed by atoms with Crippen molar-refractivity contribution < 1.29 is 22.7 Å². The van der Waals surface area contributed by atoms with E-state index in [-0.39, 0.29) is 16.9 Å². The smallest absolute Gasteiger partial charge is 0.337 e. The maximum atomic E-state index is 13.0. The second-order valence-corrected chi connectivity index (χ2v) is 5.74. The van der Waals surface area contributed by atoms with E-state index in [1.807, 2.05) is 0 Å². The van der Waals surface area contributed by atoms with Crippen LogP contribution in [0.5, 0.6) is 0 Å². The number of benzene rings is 1. The molecule has 0 aliphatic heterocycles. The molecule has 0 atom stereocenters. The summed E-state index contributed by atoms with van der Waals surface area (Å²) >= 11 is 0. The predicted molar refractivity (Wildman–Crippen MR) is 72.8 cm³/mol. The van der Waals surface area contributed by atoms with Gasteiger partial charge < -0.3 is 10.8 Å². The number of hydrogen-bond donors (Lipinski definition) is 3. The highest BCUT2D eigenvalue weighted by atomic mass is 32.2.